The van der Waals surface area contributed by atoms with Crippen LogP contribution in [0.25, 0.3) is 0 Å². The average Bonchev–Trinajstić information content (AvgIpc) is 2.56. The molecule has 0 radical (unpaired) electrons. The minimum atomic E-state index is 0.910. The molecule has 0 unspecified atom stereocenters. The molecule has 0 aliphatic carbocycles. The standard InChI is InChI=1S/C21H33N/c1-3-5-7-12-18-22(19-13-8-6-4-2)20-14-17-21-15-10-9-11-16-21/h9-11,15-16H,3-8,12-13,18-20H2,1-2H3. The maximum absolute atomic E-state index is 3.36. The van der Waals surface area contributed by atoms with E-state index in [2.05, 4.69) is 54.9 Å². The zero-order valence-corrected chi connectivity index (χ0v) is 14.6. The first-order valence-corrected chi connectivity index (χ1v) is 9.13. The van der Waals surface area contributed by atoms with E-state index in [1.807, 2.05) is 6.07 Å². The number of unbranched alkanes of at least 4 members (excludes halogenated alkanes) is 6. The van der Waals surface area contributed by atoms with Gasteiger partial charge in [0.15, 0.2) is 0 Å². The molecule has 1 aromatic rings. The number of nitrogens with zero attached hydrogens (tertiary/aromatic N) is 1. The number of hydrogen-bond acceptors (Lipinski definition) is 1. The summed E-state index contributed by atoms with van der Waals surface area (Å²) in [5, 5.41) is 0. The molecule has 0 aliphatic heterocycles. The van der Waals surface area contributed by atoms with Gasteiger partial charge in [-0.05, 0) is 38.1 Å². The van der Waals surface area contributed by atoms with E-state index in [9.17, 15) is 0 Å². The Hall–Kier alpha value is -1.26. The summed E-state index contributed by atoms with van der Waals surface area (Å²) >= 11 is 0. The zero-order chi connectivity index (χ0) is 15.9. The van der Waals surface area contributed by atoms with Gasteiger partial charge in [-0.3, -0.25) is 4.90 Å². The molecule has 1 nitrogen and oxygen atoms in total. The van der Waals surface area contributed by atoms with E-state index in [0.29, 0.717) is 0 Å². The highest BCUT2D eigenvalue weighted by Gasteiger charge is 2.02. The van der Waals surface area contributed by atoms with Crippen LogP contribution in [-0.2, 0) is 0 Å². The van der Waals surface area contributed by atoms with Gasteiger partial charge in [-0.15, -0.1) is 0 Å². The second-order valence-corrected chi connectivity index (χ2v) is 6.07. The fraction of sp³-hybridized carbons (Fsp3) is 0.619. The average molecular weight is 300 g/mol. The van der Waals surface area contributed by atoms with Gasteiger partial charge in [0.05, 0.1) is 6.54 Å². The van der Waals surface area contributed by atoms with Gasteiger partial charge in [0.1, 0.15) is 0 Å². The Morgan fingerprint density at radius 2 is 1.36 bits per heavy atom. The van der Waals surface area contributed by atoms with Crippen LogP contribution < -0.4 is 0 Å². The van der Waals surface area contributed by atoms with E-state index < -0.39 is 0 Å². The van der Waals surface area contributed by atoms with Crippen molar-refractivity contribution in [2.75, 3.05) is 19.6 Å². The number of benzene rings is 1. The molecule has 22 heavy (non-hydrogen) atoms. The smallest absolute Gasteiger partial charge is 0.0605 e. The van der Waals surface area contributed by atoms with Crippen molar-refractivity contribution in [2.45, 2.75) is 65.2 Å². The van der Waals surface area contributed by atoms with Crippen molar-refractivity contribution in [3.05, 3.63) is 35.9 Å². The highest BCUT2D eigenvalue weighted by atomic mass is 15.1. The van der Waals surface area contributed by atoms with Gasteiger partial charge in [-0.2, -0.15) is 0 Å². The van der Waals surface area contributed by atoms with E-state index in [1.54, 1.807) is 0 Å². The third-order valence-electron chi connectivity index (χ3n) is 3.96. The van der Waals surface area contributed by atoms with Crippen LogP contribution in [-0.4, -0.2) is 24.5 Å². The molecule has 0 N–H and O–H groups in total. The molecule has 0 fully saturated rings. The van der Waals surface area contributed by atoms with Gasteiger partial charge in [0.2, 0.25) is 0 Å². The number of rotatable bonds is 11. The summed E-state index contributed by atoms with van der Waals surface area (Å²) in [5.41, 5.74) is 1.12. The highest BCUT2D eigenvalue weighted by molar-refractivity contribution is 5.33. The molecular weight excluding hydrogens is 266 g/mol. The first-order valence-electron chi connectivity index (χ1n) is 9.13. The van der Waals surface area contributed by atoms with Gasteiger partial charge in [-0.1, -0.05) is 82.4 Å². The fourth-order valence-electron chi connectivity index (χ4n) is 2.57. The predicted octanol–water partition coefficient (Wildman–Crippen LogP) is 5.50. The second kappa shape index (κ2) is 13.4. The largest absolute Gasteiger partial charge is 0.292 e. The molecule has 0 heterocycles. The molecular formula is C21H33N. The van der Waals surface area contributed by atoms with Crippen LogP contribution in [0, 0.1) is 11.8 Å². The van der Waals surface area contributed by atoms with Crippen molar-refractivity contribution in [1.82, 2.24) is 4.90 Å². The van der Waals surface area contributed by atoms with Crippen LogP contribution in [0.4, 0.5) is 0 Å². The molecule has 0 saturated heterocycles. The van der Waals surface area contributed by atoms with E-state index in [4.69, 9.17) is 0 Å². The lowest BCUT2D eigenvalue weighted by Gasteiger charge is -2.19. The van der Waals surface area contributed by atoms with Crippen molar-refractivity contribution in [3.63, 3.8) is 0 Å². The van der Waals surface area contributed by atoms with Crippen molar-refractivity contribution >= 4 is 0 Å². The first kappa shape index (κ1) is 18.8. The van der Waals surface area contributed by atoms with E-state index >= 15 is 0 Å². The summed E-state index contributed by atoms with van der Waals surface area (Å²) in [7, 11) is 0. The van der Waals surface area contributed by atoms with Crippen molar-refractivity contribution < 1.29 is 0 Å². The molecule has 0 bridgehead atoms. The lowest BCUT2D eigenvalue weighted by Crippen LogP contribution is -2.26. The molecule has 0 spiro atoms. The molecule has 1 rings (SSSR count). The summed E-state index contributed by atoms with van der Waals surface area (Å²) < 4.78 is 0. The molecule has 0 atom stereocenters. The van der Waals surface area contributed by atoms with E-state index in [1.165, 1.54) is 64.5 Å². The van der Waals surface area contributed by atoms with Crippen molar-refractivity contribution in [2.24, 2.45) is 0 Å². The molecule has 0 aliphatic rings. The SMILES string of the molecule is CCCCCCN(CC#Cc1ccccc1)CCCCCC. The van der Waals surface area contributed by atoms with Gasteiger partial charge < -0.3 is 0 Å². The Bertz CT molecular complexity index is 401. The van der Waals surface area contributed by atoms with Crippen molar-refractivity contribution in [3.8, 4) is 11.8 Å². The normalized spacial score (nSPS) is 10.5. The summed E-state index contributed by atoms with van der Waals surface area (Å²) in [6.45, 7) is 7.86. The maximum Gasteiger partial charge on any atom is 0.0605 e. The Kier molecular flexibility index (Phi) is 11.4. The summed E-state index contributed by atoms with van der Waals surface area (Å²) in [6.07, 6.45) is 10.7. The summed E-state index contributed by atoms with van der Waals surface area (Å²) in [4.78, 5) is 2.54. The summed E-state index contributed by atoms with van der Waals surface area (Å²) in [5.74, 6) is 6.65. The van der Waals surface area contributed by atoms with Crippen LogP contribution in [0.3, 0.4) is 0 Å². The maximum atomic E-state index is 3.36. The monoisotopic (exact) mass is 299 g/mol. The molecule has 122 valence electrons. The quantitative estimate of drug-likeness (QED) is 0.385. The predicted molar refractivity (Wildman–Crippen MR) is 98.0 cm³/mol. The Morgan fingerprint density at radius 1 is 0.773 bits per heavy atom. The molecule has 0 amide bonds. The van der Waals surface area contributed by atoms with Crippen LogP contribution in [0.1, 0.15) is 70.8 Å². The van der Waals surface area contributed by atoms with Gasteiger partial charge in [0, 0.05) is 5.56 Å². The first-order chi connectivity index (χ1) is 10.9. The third kappa shape index (κ3) is 9.64. The molecule has 0 aromatic heterocycles. The van der Waals surface area contributed by atoms with Crippen LogP contribution in [0.15, 0.2) is 30.3 Å². The Balaban J connectivity index is 2.37. The minimum Gasteiger partial charge on any atom is -0.292 e. The topological polar surface area (TPSA) is 3.24 Å². The lowest BCUT2D eigenvalue weighted by atomic mass is 10.1. The van der Waals surface area contributed by atoms with E-state index in [-0.39, 0.29) is 0 Å². The van der Waals surface area contributed by atoms with Gasteiger partial charge >= 0.3 is 0 Å². The third-order valence-corrected chi connectivity index (χ3v) is 3.96. The fourth-order valence-corrected chi connectivity index (χ4v) is 2.57. The lowest BCUT2D eigenvalue weighted by molar-refractivity contribution is 0.291. The van der Waals surface area contributed by atoms with Crippen LogP contribution >= 0.6 is 0 Å². The number of hydrogen-bond donors (Lipinski definition) is 0. The molecule has 1 heteroatoms. The van der Waals surface area contributed by atoms with Gasteiger partial charge in [-0.25, -0.2) is 0 Å². The highest BCUT2D eigenvalue weighted by Crippen LogP contribution is 2.05. The zero-order valence-electron chi connectivity index (χ0n) is 14.6. The second-order valence-electron chi connectivity index (χ2n) is 6.07. The van der Waals surface area contributed by atoms with Crippen LogP contribution in [0.5, 0.6) is 0 Å². The van der Waals surface area contributed by atoms with Crippen molar-refractivity contribution in [1.29, 1.82) is 0 Å². The Labute approximate surface area is 138 Å². The van der Waals surface area contributed by atoms with Gasteiger partial charge in [0.25, 0.3) is 0 Å². The Morgan fingerprint density at radius 3 is 1.91 bits per heavy atom. The van der Waals surface area contributed by atoms with Crippen LogP contribution in [0.2, 0.25) is 0 Å². The molecule has 0 saturated carbocycles. The van der Waals surface area contributed by atoms with E-state index in [0.717, 1.165) is 12.1 Å². The molecule has 1 aromatic carbocycles. The minimum absolute atomic E-state index is 0.910. The summed E-state index contributed by atoms with van der Waals surface area (Å²) in [6, 6.07) is 10.3.